The molecule has 1 saturated carbocycles. The molecule has 2 amide bonds. The zero-order valence-electron chi connectivity index (χ0n) is 11.6. The van der Waals surface area contributed by atoms with Crippen LogP contribution >= 0.6 is 11.3 Å². The fraction of sp³-hybridized carbons (Fsp3) is 0.500. The summed E-state index contributed by atoms with van der Waals surface area (Å²) in [4.78, 5) is 23.8. The summed E-state index contributed by atoms with van der Waals surface area (Å²) in [6.45, 7) is 1.72. The molecule has 2 aromatic heterocycles. The maximum absolute atomic E-state index is 11.8. The van der Waals surface area contributed by atoms with Gasteiger partial charge in [-0.05, 0) is 30.7 Å². The summed E-state index contributed by atoms with van der Waals surface area (Å²) >= 11 is 1.63. The van der Waals surface area contributed by atoms with Crippen LogP contribution in [0.2, 0.25) is 0 Å². The molecule has 3 heterocycles. The maximum atomic E-state index is 11.8. The highest BCUT2D eigenvalue weighted by Crippen LogP contribution is 2.28. The van der Waals surface area contributed by atoms with Crippen molar-refractivity contribution < 1.29 is 4.79 Å². The lowest BCUT2D eigenvalue weighted by molar-refractivity contribution is 0.237. The first kappa shape index (κ1) is 12.8. The number of carbonyl (C=O) groups excluding carboxylic acids is 1. The van der Waals surface area contributed by atoms with Crippen LogP contribution in [-0.2, 0) is 0 Å². The molecular formula is C14H17N5OS. The summed E-state index contributed by atoms with van der Waals surface area (Å²) in [6, 6.07) is 2.62. The van der Waals surface area contributed by atoms with Gasteiger partial charge in [-0.2, -0.15) is 0 Å². The van der Waals surface area contributed by atoms with Gasteiger partial charge in [-0.3, -0.25) is 0 Å². The van der Waals surface area contributed by atoms with Gasteiger partial charge >= 0.3 is 6.03 Å². The Balaban J connectivity index is 1.43. The number of carbonyl (C=O) groups is 1. The van der Waals surface area contributed by atoms with Crippen LogP contribution in [0.25, 0.3) is 10.2 Å². The van der Waals surface area contributed by atoms with Gasteiger partial charge in [0.05, 0.1) is 5.39 Å². The molecule has 7 heteroatoms. The number of urea groups is 1. The van der Waals surface area contributed by atoms with Gasteiger partial charge in [0, 0.05) is 25.2 Å². The highest BCUT2D eigenvalue weighted by Gasteiger charge is 2.28. The Bertz CT molecular complexity index is 668. The summed E-state index contributed by atoms with van der Waals surface area (Å²) in [5, 5.41) is 9.17. The van der Waals surface area contributed by atoms with E-state index in [1.807, 2.05) is 5.38 Å². The van der Waals surface area contributed by atoms with E-state index >= 15 is 0 Å². The van der Waals surface area contributed by atoms with Crippen molar-refractivity contribution in [2.45, 2.75) is 31.3 Å². The molecule has 1 unspecified atom stereocenters. The van der Waals surface area contributed by atoms with Crippen molar-refractivity contribution in [2.24, 2.45) is 0 Å². The number of nitrogens with one attached hydrogen (secondary N) is 2. The van der Waals surface area contributed by atoms with Crippen LogP contribution < -0.4 is 15.5 Å². The number of rotatable bonds is 3. The van der Waals surface area contributed by atoms with Crippen molar-refractivity contribution in [1.29, 1.82) is 0 Å². The van der Waals surface area contributed by atoms with Gasteiger partial charge in [-0.1, -0.05) is 0 Å². The van der Waals surface area contributed by atoms with Gasteiger partial charge in [0.2, 0.25) is 0 Å². The Hall–Kier alpha value is -1.89. The molecular weight excluding hydrogens is 286 g/mol. The average molecular weight is 303 g/mol. The molecule has 6 nitrogen and oxygen atoms in total. The van der Waals surface area contributed by atoms with E-state index in [0.29, 0.717) is 6.04 Å². The van der Waals surface area contributed by atoms with Crippen LogP contribution in [0, 0.1) is 0 Å². The number of anilines is 1. The number of thiophene rings is 1. The number of aromatic nitrogens is 2. The molecule has 1 atom stereocenters. The molecule has 21 heavy (non-hydrogen) atoms. The summed E-state index contributed by atoms with van der Waals surface area (Å²) in [5.74, 6) is 0.980. The normalized spacial score (nSPS) is 21.7. The first-order valence-corrected chi connectivity index (χ1v) is 8.18. The fourth-order valence-electron chi connectivity index (χ4n) is 2.74. The Labute approximate surface area is 126 Å². The molecule has 4 rings (SSSR count). The minimum absolute atomic E-state index is 0.0345. The topological polar surface area (TPSA) is 70.2 Å². The third-order valence-electron chi connectivity index (χ3n) is 3.98. The molecule has 2 N–H and O–H groups in total. The predicted octanol–water partition coefficient (Wildman–Crippen LogP) is 1.73. The van der Waals surface area contributed by atoms with E-state index in [4.69, 9.17) is 0 Å². The second-order valence-electron chi connectivity index (χ2n) is 5.66. The molecule has 2 aliphatic rings. The molecule has 0 aromatic carbocycles. The van der Waals surface area contributed by atoms with E-state index in [-0.39, 0.29) is 12.1 Å². The van der Waals surface area contributed by atoms with Gasteiger partial charge in [0.25, 0.3) is 0 Å². The van der Waals surface area contributed by atoms with E-state index in [9.17, 15) is 4.79 Å². The zero-order chi connectivity index (χ0) is 14.2. The van der Waals surface area contributed by atoms with E-state index in [1.54, 1.807) is 17.7 Å². The Morgan fingerprint density at radius 1 is 1.24 bits per heavy atom. The second-order valence-corrected chi connectivity index (χ2v) is 6.55. The van der Waals surface area contributed by atoms with Crippen molar-refractivity contribution in [2.75, 3.05) is 18.0 Å². The summed E-state index contributed by atoms with van der Waals surface area (Å²) in [7, 11) is 0. The van der Waals surface area contributed by atoms with Gasteiger partial charge in [0.1, 0.15) is 17.0 Å². The SMILES string of the molecule is O=C(NC1CC1)NC1CCN(c2ncnc3sccc23)C1. The van der Waals surface area contributed by atoms with Crippen LogP contribution in [-0.4, -0.2) is 41.2 Å². The van der Waals surface area contributed by atoms with E-state index in [0.717, 1.165) is 48.4 Å². The Kier molecular flexibility index (Phi) is 3.14. The van der Waals surface area contributed by atoms with Crippen molar-refractivity contribution in [3.8, 4) is 0 Å². The largest absolute Gasteiger partial charge is 0.354 e. The monoisotopic (exact) mass is 303 g/mol. The first-order valence-electron chi connectivity index (χ1n) is 7.30. The standard InChI is InChI=1S/C14H17N5OS/c20-14(17-9-1-2-9)18-10-3-5-19(7-10)12-11-4-6-21-13(11)16-8-15-12/h4,6,8-10H,1-3,5,7H2,(H2,17,18,20). The minimum atomic E-state index is -0.0345. The smallest absolute Gasteiger partial charge is 0.315 e. The molecule has 0 bridgehead atoms. The van der Waals surface area contributed by atoms with Gasteiger partial charge in [0.15, 0.2) is 0 Å². The number of amides is 2. The molecule has 0 radical (unpaired) electrons. The number of nitrogens with zero attached hydrogens (tertiary/aromatic N) is 3. The molecule has 2 aromatic rings. The molecule has 110 valence electrons. The molecule has 1 saturated heterocycles. The van der Waals surface area contributed by atoms with Crippen LogP contribution in [0.15, 0.2) is 17.8 Å². The Morgan fingerprint density at radius 2 is 2.10 bits per heavy atom. The second kappa shape index (κ2) is 5.14. The van der Waals surface area contributed by atoms with Gasteiger partial charge < -0.3 is 15.5 Å². The van der Waals surface area contributed by atoms with E-state index < -0.39 is 0 Å². The number of fused-ring (bicyclic) bond motifs is 1. The average Bonchev–Trinajstić information content (AvgIpc) is 2.99. The highest BCUT2D eigenvalue weighted by molar-refractivity contribution is 7.16. The Morgan fingerprint density at radius 3 is 2.95 bits per heavy atom. The summed E-state index contributed by atoms with van der Waals surface area (Å²) in [6.07, 6.45) is 4.80. The molecule has 1 aliphatic heterocycles. The zero-order valence-corrected chi connectivity index (χ0v) is 12.4. The lowest BCUT2D eigenvalue weighted by Gasteiger charge is -2.18. The summed E-state index contributed by atoms with van der Waals surface area (Å²) < 4.78 is 0. The molecule has 1 aliphatic carbocycles. The maximum Gasteiger partial charge on any atom is 0.315 e. The van der Waals surface area contributed by atoms with Gasteiger partial charge in [-0.25, -0.2) is 14.8 Å². The lowest BCUT2D eigenvalue weighted by Crippen LogP contribution is -2.44. The van der Waals surface area contributed by atoms with Crippen molar-refractivity contribution in [3.05, 3.63) is 17.8 Å². The van der Waals surface area contributed by atoms with Gasteiger partial charge in [-0.15, -0.1) is 11.3 Å². The predicted molar refractivity (Wildman–Crippen MR) is 82.7 cm³/mol. The number of hydrogen-bond acceptors (Lipinski definition) is 5. The molecule has 0 spiro atoms. The third kappa shape index (κ3) is 2.65. The van der Waals surface area contributed by atoms with E-state index in [1.165, 1.54) is 0 Å². The van der Waals surface area contributed by atoms with Crippen LogP contribution in [0.4, 0.5) is 10.6 Å². The fourth-order valence-corrected chi connectivity index (χ4v) is 3.47. The van der Waals surface area contributed by atoms with Crippen LogP contribution in [0.3, 0.4) is 0 Å². The van der Waals surface area contributed by atoms with E-state index in [2.05, 4.69) is 31.6 Å². The quantitative estimate of drug-likeness (QED) is 0.906. The summed E-state index contributed by atoms with van der Waals surface area (Å²) in [5.41, 5.74) is 0. The van der Waals surface area contributed by atoms with Crippen LogP contribution in [0.1, 0.15) is 19.3 Å². The van der Waals surface area contributed by atoms with Crippen molar-refractivity contribution >= 4 is 33.4 Å². The van der Waals surface area contributed by atoms with Crippen molar-refractivity contribution in [3.63, 3.8) is 0 Å². The van der Waals surface area contributed by atoms with Crippen molar-refractivity contribution in [1.82, 2.24) is 20.6 Å². The highest BCUT2D eigenvalue weighted by atomic mass is 32.1. The van der Waals surface area contributed by atoms with Crippen LogP contribution in [0.5, 0.6) is 0 Å². The lowest BCUT2D eigenvalue weighted by atomic mass is 10.3. The molecule has 2 fully saturated rings. The first-order chi connectivity index (χ1) is 10.3. The minimum Gasteiger partial charge on any atom is -0.354 e. The third-order valence-corrected chi connectivity index (χ3v) is 4.80. The number of hydrogen-bond donors (Lipinski definition) is 2.